The Morgan fingerprint density at radius 3 is 2.79 bits per heavy atom. The summed E-state index contributed by atoms with van der Waals surface area (Å²) in [7, 11) is 3.23. The smallest absolute Gasteiger partial charge is 0.242 e. The number of carbonyl (C=O) groups excluding carboxylic acids is 1. The second-order valence-corrected chi connectivity index (χ2v) is 7.67. The van der Waals surface area contributed by atoms with Crippen molar-refractivity contribution in [2.24, 2.45) is 4.99 Å². The number of ether oxygens (including phenoxy) is 2. The van der Waals surface area contributed by atoms with Gasteiger partial charge in [-0.2, -0.15) is 0 Å². The lowest BCUT2D eigenvalue weighted by molar-refractivity contribution is -0.130. The van der Waals surface area contributed by atoms with Gasteiger partial charge in [0.15, 0.2) is 17.5 Å². The predicted octanol–water partition coefficient (Wildman–Crippen LogP) is 2.41. The van der Waals surface area contributed by atoms with Crippen LogP contribution >= 0.6 is 11.3 Å². The van der Waals surface area contributed by atoms with Crippen LogP contribution in [0.25, 0.3) is 0 Å². The van der Waals surface area contributed by atoms with E-state index in [0.717, 1.165) is 18.5 Å². The summed E-state index contributed by atoms with van der Waals surface area (Å²) in [6.45, 7) is 4.86. The molecule has 156 valence electrons. The molecule has 3 rings (SSSR count). The van der Waals surface area contributed by atoms with Crippen LogP contribution in [0.4, 0.5) is 0 Å². The summed E-state index contributed by atoms with van der Waals surface area (Å²) in [5, 5.41) is 8.44. The number of amides is 1. The third-order valence-electron chi connectivity index (χ3n) is 4.78. The molecule has 0 fully saturated rings. The van der Waals surface area contributed by atoms with Crippen molar-refractivity contribution in [1.29, 1.82) is 0 Å². The fraction of sp³-hybridized carbons (Fsp3) is 0.429. The van der Waals surface area contributed by atoms with E-state index in [1.54, 1.807) is 25.6 Å². The summed E-state index contributed by atoms with van der Waals surface area (Å²) < 4.78 is 10.6. The Hall–Kier alpha value is -2.74. The molecule has 0 radical (unpaired) electrons. The molecule has 8 heteroatoms. The van der Waals surface area contributed by atoms with E-state index in [2.05, 4.69) is 27.1 Å². The predicted molar refractivity (Wildman–Crippen MR) is 116 cm³/mol. The van der Waals surface area contributed by atoms with E-state index in [-0.39, 0.29) is 12.5 Å². The summed E-state index contributed by atoms with van der Waals surface area (Å²) in [6, 6.07) is 7.83. The van der Waals surface area contributed by atoms with Gasteiger partial charge in [-0.25, -0.2) is 4.99 Å². The lowest BCUT2D eigenvalue weighted by Gasteiger charge is -2.27. The van der Waals surface area contributed by atoms with Crippen LogP contribution in [0.15, 0.2) is 34.6 Å². The lowest BCUT2D eigenvalue weighted by Crippen LogP contribution is -2.45. The highest BCUT2D eigenvalue weighted by atomic mass is 32.1. The largest absolute Gasteiger partial charge is 0.493 e. The summed E-state index contributed by atoms with van der Waals surface area (Å²) in [4.78, 5) is 20.5. The molecular weight excluding hydrogens is 388 g/mol. The van der Waals surface area contributed by atoms with Gasteiger partial charge in [-0.15, -0.1) is 11.3 Å². The molecule has 29 heavy (non-hydrogen) atoms. The molecule has 7 nitrogen and oxygen atoms in total. The van der Waals surface area contributed by atoms with Crippen LogP contribution in [0.3, 0.4) is 0 Å². The van der Waals surface area contributed by atoms with Crippen molar-refractivity contribution in [2.75, 3.05) is 33.9 Å². The van der Waals surface area contributed by atoms with Gasteiger partial charge in [-0.1, -0.05) is 6.07 Å². The zero-order chi connectivity index (χ0) is 20.6. The molecule has 0 bridgehead atoms. The topological polar surface area (TPSA) is 75.2 Å². The lowest BCUT2D eigenvalue weighted by atomic mass is 10.1. The maximum absolute atomic E-state index is 12.6. The number of hydrogen-bond acceptors (Lipinski definition) is 5. The van der Waals surface area contributed by atoms with Crippen molar-refractivity contribution < 1.29 is 14.3 Å². The van der Waals surface area contributed by atoms with Crippen LogP contribution in [0.1, 0.15) is 22.9 Å². The number of hydrogen-bond donors (Lipinski definition) is 2. The van der Waals surface area contributed by atoms with Gasteiger partial charge in [0, 0.05) is 24.5 Å². The Balaban J connectivity index is 1.57. The van der Waals surface area contributed by atoms with Crippen molar-refractivity contribution in [3.63, 3.8) is 0 Å². The molecule has 2 aromatic rings. The van der Waals surface area contributed by atoms with Crippen LogP contribution in [-0.2, 0) is 24.3 Å². The summed E-state index contributed by atoms with van der Waals surface area (Å²) in [5.41, 5.74) is 2.26. The average Bonchev–Trinajstić information content (AvgIpc) is 3.23. The molecule has 0 saturated carbocycles. The zero-order valence-corrected chi connectivity index (χ0v) is 18.0. The van der Waals surface area contributed by atoms with E-state index in [1.807, 2.05) is 30.0 Å². The summed E-state index contributed by atoms with van der Waals surface area (Å²) in [6.07, 6.45) is 0.937. The van der Waals surface area contributed by atoms with Crippen LogP contribution in [0, 0.1) is 0 Å². The van der Waals surface area contributed by atoms with Gasteiger partial charge in [-0.3, -0.25) is 4.79 Å². The van der Waals surface area contributed by atoms with Crippen molar-refractivity contribution in [1.82, 2.24) is 15.5 Å². The molecule has 0 saturated heterocycles. The maximum atomic E-state index is 12.6. The van der Waals surface area contributed by atoms with E-state index in [0.29, 0.717) is 37.1 Å². The number of methoxy groups -OCH3 is 2. The normalized spacial score (nSPS) is 13.6. The molecule has 0 aliphatic carbocycles. The maximum Gasteiger partial charge on any atom is 0.242 e. The first-order valence-corrected chi connectivity index (χ1v) is 10.6. The third-order valence-corrected chi connectivity index (χ3v) is 5.80. The fourth-order valence-corrected chi connectivity index (χ4v) is 4.11. The molecule has 0 atom stereocenters. The van der Waals surface area contributed by atoms with E-state index < -0.39 is 0 Å². The highest BCUT2D eigenvalue weighted by Crippen LogP contribution is 2.27. The molecule has 1 aliphatic heterocycles. The van der Waals surface area contributed by atoms with Crippen molar-refractivity contribution in [3.8, 4) is 11.5 Å². The Kier molecular flexibility index (Phi) is 7.35. The molecule has 1 aromatic heterocycles. The average molecular weight is 417 g/mol. The molecule has 2 N–H and O–H groups in total. The second kappa shape index (κ2) is 10.2. The number of fused-ring (bicyclic) bond motifs is 1. The van der Waals surface area contributed by atoms with Gasteiger partial charge < -0.3 is 25.0 Å². The number of rotatable bonds is 7. The first kappa shape index (κ1) is 21.0. The molecular formula is C21H28N4O3S. The Morgan fingerprint density at radius 2 is 2.03 bits per heavy atom. The van der Waals surface area contributed by atoms with Gasteiger partial charge in [-0.05, 0) is 48.1 Å². The fourth-order valence-electron chi connectivity index (χ4n) is 3.22. The Labute approximate surface area is 175 Å². The van der Waals surface area contributed by atoms with E-state index in [1.165, 1.54) is 10.4 Å². The zero-order valence-electron chi connectivity index (χ0n) is 17.2. The van der Waals surface area contributed by atoms with Crippen LogP contribution in [0.2, 0.25) is 0 Å². The van der Waals surface area contributed by atoms with Gasteiger partial charge in [0.05, 0.1) is 27.3 Å². The summed E-state index contributed by atoms with van der Waals surface area (Å²) >= 11 is 1.77. The monoisotopic (exact) mass is 416 g/mol. The molecule has 0 spiro atoms. The van der Waals surface area contributed by atoms with Crippen molar-refractivity contribution in [2.45, 2.75) is 26.4 Å². The quantitative estimate of drug-likeness (QED) is 0.536. The van der Waals surface area contributed by atoms with Gasteiger partial charge in [0.1, 0.15) is 0 Å². The minimum absolute atomic E-state index is 0.0820. The number of thiophene rings is 1. The van der Waals surface area contributed by atoms with Gasteiger partial charge in [0.25, 0.3) is 0 Å². The van der Waals surface area contributed by atoms with Crippen molar-refractivity contribution in [3.05, 3.63) is 45.6 Å². The molecule has 2 heterocycles. The van der Waals surface area contributed by atoms with Crippen LogP contribution in [0.5, 0.6) is 11.5 Å². The van der Waals surface area contributed by atoms with E-state index >= 15 is 0 Å². The number of guanidine groups is 1. The SMILES string of the molecule is CCNC(=NCc1ccc(OC)c(OC)c1)NCC(=O)N1CCc2sccc2C1. The Morgan fingerprint density at radius 1 is 1.21 bits per heavy atom. The number of nitrogens with one attached hydrogen (secondary N) is 2. The molecule has 1 aromatic carbocycles. The third kappa shape index (κ3) is 5.41. The van der Waals surface area contributed by atoms with E-state index in [4.69, 9.17) is 9.47 Å². The number of benzene rings is 1. The van der Waals surface area contributed by atoms with Crippen molar-refractivity contribution >= 4 is 23.2 Å². The molecule has 1 aliphatic rings. The molecule has 0 unspecified atom stereocenters. The number of nitrogens with zero attached hydrogens (tertiary/aromatic N) is 2. The summed E-state index contributed by atoms with van der Waals surface area (Å²) in [5.74, 6) is 2.06. The Bertz CT molecular complexity index is 865. The van der Waals surface area contributed by atoms with Crippen LogP contribution < -0.4 is 20.1 Å². The van der Waals surface area contributed by atoms with Gasteiger partial charge in [0.2, 0.25) is 5.91 Å². The van der Waals surface area contributed by atoms with Crippen LogP contribution in [-0.4, -0.2) is 50.6 Å². The van der Waals surface area contributed by atoms with Gasteiger partial charge >= 0.3 is 0 Å². The number of carbonyl (C=O) groups is 1. The minimum atomic E-state index is 0.0820. The van der Waals surface area contributed by atoms with E-state index in [9.17, 15) is 4.79 Å². The standard InChI is InChI=1S/C21H28N4O3S/c1-4-22-21(23-12-15-5-6-17(27-2)18(11-15)28-3)24-13-20(26)25-9-7-19-16(14-25)8-10-29-19/h5-6,8,10-11H,4,7,9,12-14H2,1-3H3,(H2,22,23,24). The minimum Gasteiger partial charge on any atom is -0.493 e. The highest BCUT2D eigenvalue weighted by molar-refractivity contribution is 7.10. The number of aliphatic imine (C=N–C) groups is 1. The molecule has 1 amide bonds. The first-order valence-electron chi connectivity index (χ1n) is 9.70. The first-order chi connectivity index (χ1) is 14.1. The highest BCUT2D eigenvalue weighted by Gasteiger charge is 2.21. The second-order valence-electron chi connectivity index (χ2n) is 6.67.